The van der Waals surface area contributed by atoms with Crippen LogP contribution in [0, 0.1) is 0 Å². The SMILES string of the molecule is O=C(O)CC(NC(=O)c1ccc(N2CCC(NC3=NCCCN3)CC2)cc1)NS(=O)(=O)c1ccccc1. The lowest BCUT2D eigenvalue weighted by atomic mass is 10.0. The highest BCUT2D eigenvalue weighted by molar-refractivity contribution is 7.89. The molecule has 12 heteroatoms. The van der Waals surface area contributed by atoms with E-state index in [9.17, 15) is 23.1 Å². The normalized spacial score (nSPS) is 17.3. The van der Waals surface area contributed by atoms with Crippen LogP contribution in [0.15, 0.2) is 64.5 Å². The second-order valence-corrected chi connectivity index (χ2v) is 10.7. The predicted molar refractivity (Wildman–Crippen MR) is 140 cm³/mol. The molecule has 0 aliphatic carbocycles. The zero-order valence-corrected chi connectivity index (χ0v) is 21.2. The lowest BCUT2D eigenvalue weighted by molar-refractivity contribution is -0.137. The molecule has 198 valence electrons. The summed E-state index contributed by atoms with van der Waals surface area (Å²) in [6.45, 7) is 3.52. The van der Waals surface area contributed by atoms with E-state index in [1.807, 2.05) is 12.1 Å². The van der Waals surface area contributed by atoms with E-state index in [1.165, 1.54) is 12.1 Å². The number of benzene rings is 2. The molecule has 2 aromatic carbocycles. The Balaban J connectivity index is 1.33. The first-order valence-electron chi connectivity index (χ1n) is 12.3. The van der Waals surface area contributed by atoms with Gasteiger partial charge in [-0.25, -0.2) is 8.42 Å². The van der Waals surface area contributed by atoms with Crippen molar-refractivity contribution in [3.63, 3.8) is 0 Å². The van der Waals surface area contributed by atoms with Crippen molar-refractivity contribution in [3.05, 3.63) is 60.2 Å². The summed E-state index contributed by atoms with van der Waals surface area (Å²) in [7, 11) is -4.02. The van der Waals surface area contributed by atoms with E-state index in [0.29, 0.717) is 11.6 Å². The number of rotatable bonds is 9. The maximum Gasteiger partial charge on any atom is 0.306 e. The second-order valence-electron chi connectivity index (χ2n) is 9.02. The van der Waals surface area contributed by atoms with E-state index >= 15 is 0 Å². The summed E-state index contributed by atoms with van der Waals surface area (Å²) in [6, 6.07) is 14.9. The van der Waals surface area contributed by atoms with Gasteiger partial charge in [0.1, 0.15) is 6.17 Å². The van der Waals surface area contributed by atoms with Crippen LogP contribution in [0.2, 0.25) is 0 Å². The Morgan fingerprint density at radius 2 is 1.78 bits per heavy atom. The molecule has 1 fully saturated rings. The van der Waals surface area contributed by atoms with Crippen LogP contribution >= 0.6 is 0 Å². The summed E-state index contributed by atoms with van der Waals surface area (Å²) in [5.41, 5.74) is 1.28. The summed E-state index contributed by atoms with van der Waals surface area (Å²) in [5.74, 6) is -0.940. The molecule has 2 aliphatic rings. The number of carboxylic acid groups (broad SMARTS) is 1. The van der Waals surface area contributed by atoms with Crippen LogP contribution in [-0.4, -0.2) is 69.7 Å². The van der Waals surface area contributed by atoms with Crippen molar-refractivity contribution < 1.29 is 23.1 Å². The fourth-order valence-electron chi connectivity index (χ4n) is 4.32. The largest absolute Gasteiger partial charge is 0.481 e. The third kappa shape index (κ3) is 7.43. The maximum absolute atomic E-state index is 12.8. The van der Waals surface area contributed by atoms with E-state index in [4.69, 9.17) is 0 Å². The van der Waals surface area contributed by atoms with Crippen LogP contribution < -0.4 is 25.6 Å². The predicted octanol–water partition coefficient (Wildman–Crippen LogP) is 1.10. The number of piperidine rings is 1. The van der Waals surface area contributed by atoms with Crippen LogP contribution in [0.25, 0.3) is 0 Å². The van der Waals surface area contributed by atoms with Crippen LogP contribution in [-0.2, 0) is 14.8 Å². The molecule has 0 radical (unpaired) electrons. The van der Waals surface area contributed by atoms with Crippen molar-refractivity contribution in [1.82, 2.24) is 20.7 Å². The first-order chi connectivity index (χ1) is 17.8. The monoisotopic (exact) mass is 528 g/mol. The number of anilines is 1. The molecular formula is C25H32N6O5S. The van der Waals surface area contributed by atoms with Crippen LogP contribution in [0.4, 0.5) is 5.69 Å². The summed E-state index contributed by atoms with van der Waals surface area (Å²) in [5, 5.41) is 18.5. The summed E-state index contributed by atoms with van der Waals surface area (Å²) >= 11 is 0. The van der Waals surface area contributed by atoms with Gasteiger partial charge in [-0.1, -0.05) is 18.2 Å². The Morgan fingerprint density at radius 1 is 1.08 bits per heavy atom. The van der Waals surface area contributed by atoms with Gasteiger partial charge in [0.2, 0.25) is 10.0 Å². The Bertz CT molecular complexity index is 1210. The van der Waals surface area contributed by atoms with Gasteiger partial charge in [0.25, 0.3) is 5.91 Å². The number of aliphatic imine (C=N–C) groups is 1. The van der Waals surface area contributed by atoms with Gasteiger partial charge in [-0.05, 0) is 55.7 Å². The Hall–Kier alpha value is -3.64. The number of nitrogens with zero attached hydrogens (tertiary/aromatic N) is 2. The third-order valence-electron chi connectivity index (χ3n) is 6.26. The number of guanidine groups is 1. The van der Waals surface area contributed by atoms with Crippen molar-refractivity contribution in [2.75, 3.05) is 31.1 Å². The van der Waals surface area contributed by atoms with E-state index < -0.39 is 34.5 Å². The topological polar surface area (TPSA) is 152 Å². The Morgan fingerprint density at radius 3 is 2.41 bits per heavy atom. The zero-order chi connectivity index (χ0) is 26.3. The second kappa shape index (κ2) is 12.1. The van der Waals surface area contributed by atoms with E-state index in [1.54, 1.807) is 30.3 Å². The number of hydrogen-bond acceptors (Lipinski definition) is 8. The summed E-state index contributed by atoms with van der Waals surface area (Å²) in [4.78, 5) is 30.8. The first kappa shape index (κ1) is 26.4. The van der Waals surface area contributed by atoms with Crippen molar-refractivity contribution in [2.24, 2.45) is 4.99 Å². The van der Waals surface area contributed by atoms with E-state index in [2.05, 4.69) is 30.6 Å². The van der Waals surface area contributed by atoms with Gasteiger partial charge in [0, 0.05) is 43.5 Å². The third-order valence-corrected chi connectivity index (χ3v) is 7.75. The summed E-state index contributed by atoms with van der Waals surface area (Å²) < 4.78 is 27.5. The average Bonchev–Trinajstić information content (AvgIpc) is 2.90. The molecule has 0 aromatic heterocycles. The molecule has 1 amide bonds. The molecule has 4 rings (SSSR count). The molecule has 1 saturated heterocycles. The van der Waals surface area contributed by atoms with Crippen molar-refractivity contribution in [3.8, 4) is 0 Å². The molecule has 5 N–H and O–H groups in total. The average molecular weight is 529 g/mol. The minimum absolute atomic E-state index is 0.0223. The fourth-order valence-corrected chi connectivity index (χ4v) is 5.49. The Labute approximate surface area is 216 Å². The highest BCUT2D eigenvalue weighted by Crippen LogP contribution is 2.21. The maximum atomic E-state index is 12.8. The number of nitrogens with one attached hydrogen (secondary N) is 4. The lowest BCUT2D eigenvalue weighted by Gasteiger charge is -2.35. The smallest absolute Gasteiger partial charge is 0.306 e. The standard InChI is InChI=1S/C25H32N6O5S/c32-23(33)17-22(30-37(35,36)21-5-2-1-3-6-21)29-24(34)18-7-9-20(10-8-18)31-15-11-19(12-16-31)28-25-26-13-4-14-27-25/h1-3,5-10,19,22,30H,4,11-17H2,(H,29,34)(H,32,33)(H2,26,27,28). The molecule has 0 saturated carbocycles. The molecule has 2 heterocycles. The van der Waals surface area contributed by atoms with Gasteiger partial charge >= 0.3 is 5.97 Å². The van der Waals surface area contributed by atoms with Crippen LogP contribution in [0.5, 0.6) is 0 Å². The van der Waals surface area contributed by atoms with Crippen LogP contribution in [0.3, 0.4) is 0 Å². The van der Waals surface area contributed by atoms with Gasteiger partial charge < -0.3 is 26.0 Å². The van der Waals surface area contributed by atoms with Crippen molar-refractivity contribution >= 4 is 33.5 Å². The Kier molecular flexibility index (Phi) is 8.62. The number of amides is 1. The van der Waals surface area contributed by atoms with Gasteiger partial charge in [0.05, 0.1) is 11.3 Å². The number of carbonyl (C=O) groups excluding carboxylic acids is 1. The van der Waals surface area contributed by atoms with Crippen LogP contribution in [0.1, 0.15) is 36.0 Å². The number of carboxylic acids is 1. The quantitative estimate of drug-likeness (QED) is 0.304. The van der Waals surface area contributed by atoms with Crippen molar-refractivity contribution in [2.45, 2.75) is 42.8 Å². The van der Waals surface area contributed by atoms with Gasteiger partial charge in [-0.2, -0.15) is 4.72 Å². The molecule has 2 aromatic rings. The molecule has 1 atom stereocenters. The lowest BCUT2D eigenvalue weighted by Crippen LogP contribution is -2.50. The number of carbonyl (C=O) groups is 2. The molecule has 0 spiro atoms. The molecule has 0 bridgehead atoms. The van der Waals surface area contributed by atoms with Crippen molar-refractivity contribution in [1.29, 1.82) is 0 Å². The minimum atomic E-state index is -4.02. The van der Waals surface area contributed by atoms with Gasteiger partial charge in [-0.15, -0.1) is 0 Å². The van der Waals surface area contributed by atoms with E-state index in [-0.39, 0.29) is 4.90 Å². The van der Waals surface area contributed by atoms with Gasteiger partial charge in [0.15, 0.2) is 5.96 Å². The number of hydrogen-bond donors (Lipinski definition) is 5. The number of aliphatic carboxylic acids is 1. The van der Waals surface area contributed by atoms with E-state index in [0.717, 1.165) is 57.1 Å². The highest BCUT2D eigenvalue weighted by atomic mass is 32.2. The highest BCUT2D eigenvalue weighted by Gasteiger charge is 2.25. The molecule has 37 heavy (non-hydrogen) atoms. The minimum Gasteiger partial charge on any atom is -0.481 e. The molecule has 1 unspecified atom stereocenters. The molecule has 2 aliphatic heterocycles. The van der Waals surface area contributed by atoms with Gasteiger partial charge in [-0.3, -0.25) is 14.6 Å². The number of sulfonamides is 1. The summed E-state index contributed by atoms with van der Waals surface area (Å²) in [6.07, 6.45) is 1.05. The zero-order valence-electron chi connectivity index (χ0n) is 20.4. The fraction of sp³-hybridized carbons (Fsp3) is 0.400. The molecule has 11 nitrogen and oxygen atoms in total. The first-order valence-corrected chi connectivity index (χ1v) is 13.8. The molecular weight excluding hydrogens is 496 g/mol.